The molecule has 0 saturated carbocycles. The summed E-state index contributed by atoms with van der Waals surface area (Å²) < 4.78 is 12.4. The van der Waals surface area contributed by atoms with Gasteiger partial charge in [-0.25, -0.2) is 0 Å². The van der Waals surface area contributed by atoms with E-state index >= 15 is 0 Å². The van der Waals surface area contributed by atoms with Crippen molar-refractivity contribution in [3.8, 4) is 0 Å². The maximum Gasteiger partial charge on any atom is 0.323 e. The third-order valence-electron chi connectivity index (χ3n) is 6.67. The summed E-state index contributed by atoms with van der Waals surface area (Å²) in [5, 5.41) is 25.3. The Balaban J connectivity index is 1.66. The summed E-state index contributed by atoms with van der Waals surface area (Å²) in [6, 6.07) is 28.3. The molecule has 0 spiro atoms. The van der Waals surface area contributed by atoms with Crippen LogP contribution in [-0.4, -0.2) is 62.4 Å². The summed E-state index contributed by atoms with van der Waals surface area (Å²) in [4.78, 5) is 11.7. The second kappa shape index (κ2) is 13.8. The monoisotopic (exact) mass is 536 g/mol. The zero-order chi connectivity index (χ0) is 27.6. The van der Waals surface area contributed by atoms with Crippen LogP contribution in [0.5, 0.6) is 0 Å². The fourth-order valence-corrected chi connectivity index (χ4v) is 9.19. The Hall–Kier alpha value is -2.85. The minimum Gasteiger partial charge on any atom is -0.480 e. The number of aliphatic hydroxyl groups is 1. The molecule has 38 heavy (non-hydrogen) atoms. The average molecular weight is 537 g/mol. The molecule has 5 N–H and O–H groups in total. The van der Waals surface area contributed by atoms with Gasteiger partial charge in [0.25, 0.3) is 8.32 Å². The van der Waals surface area contributed by atoms with Gasteiger partial charge in [0.15, 0.2) is 0 Å². The van der Waals surface area contributed by atoms with Gasteiger partial charge in [-0.05, 0) is 21.0 Å². The van der Waals surface area contributed by atoms with Gasteiger partial charge in [-0.2, -0.15) is 0 Å². The van der Waals surface area contributed by atoms with Gasteiger partial charge in [0.05, 0.1) is 32.0 Å². The van der Waals surface area contributed by atoms with Crippen molar-refractivity contribution in [1.82, 2.24) is 5.32 Å². The molecule has 0 radical (unpaired) electrons. The lowest BCUT2D eigenvalue weighted by atomic mass is 10.1. The van der Waals surface area contributed by atoms with Gasteiger partial charge >= 0.3 is 5.97 Å². The summed E-state index contributed by atoms with van der Waals surface area (Å²) in [5.41, 5.74) is 7.35. The number of hydrogen-bond donors (Lipinski definition) is 4. The van der Waals surface area contributed by atoms with Crippen molar-refractivity contribution >= 4 is 24.7 Å². The van der Waals surface area contributed by atoms with Crippen molar-refractivity contribution in [2.45, 2.75) is 50.6 Å². The van der Waals surface area contributed by atoms with E-state index in [4.69, 9.17) is 14.9 Å². The molecule has 0 fully saturated rings. The highest BCUT2D eigenvalue weighted by Gasteiger charge is 2.50. The van der Waals surface area contributed by atoms with E-state index in [0.29, 0.717) is 6.61 Å². The normalized spacial score (nSPS) is 14.6. The first-order valence-electron chi connectivity index (χ1n) is 12.9. The van der Waals surface area contributed by atoms with Gasteiger partial charge in [-0.3, -0.25) is 10.1 Å². The number of carboxylic acids is 1. The smallest absolute Gasteiger partial charge is 0.323 e. The quantitative estimate of drug-likeness (QED) is 0.234. The standard InChI is InChI=1S/C30H40N2O5Si/c1-30(2,3)38(24-15-9-5-10-16-24,25-17-11-6-12-18-25)37-21-26(31)28(33)19-32-27(29(34)35)22-36-20-23-13-7-4-8-14-23/h4-18,26-28,32-33H,19-22,31H2,1-3H3,(H,34,35)/t26-,27+,28+/m1/s1. The number of rotatable bonds is 14. The second-order valence-electron chi connectivity index (χ2n) is 10.5. The van der Waals surface area contributed by atoms with Crippen LogP contribution in [-0.2, 0) is 20.6 Å². The van der Waals surface area contributed by atoms with Gasteiger partial charge in [-0.15, -0.1) is 0 Å². The van der Waals surface area contributed by atoms with Crippen molar-refractivity contribution in [1.29, 1.82) is 0 Å². The summed E-state index contributed by atoms with van der Waals surface area (Å²) in [6.45, 7) is 6.92. The Kier molecular flexibility index (Phi) is 10.8. The van der Waals surface area contributed by atoms with E-state index in [1.807, 2.05) is 66.7 Å². The summed E-state index contributed by atoms with van der Waals surface area (Å²) in [5.74, 6) is -1.05. The molecule has 7 nitrogen and oxygen atoms in total. The molecule has 0 aliphatic rings. The molecule has 0 bridgehead atoms. The maximum atomic E-state index is 11.7. The Morgan fingerprint density at radius 1 is 0.895 bits per heavy atom. The first-order chi connectivity index (χ1) is 18.1. The number of ether oxygens (including phenoxy) is 1. The molecule has 204 valence electrons. The zero-order valence-electron chi connectivity index (χ0n) is 22.4. The van der Waals surface area contributed by atoms with Crippen LogP contribution < -0.4 is 21.4 Å². The number of hydrogen-bond acceptors (Lipinski definition) is 6. The molecule has 3 aromatic rings. The van der Waals surface area contributed by atoms with Crippen molar-refractivity contribution in [2.24, 2.45) is 5.73 Å². The van der Waals surface area contributed by atoms with E-state index in [2.05, 4.69) is 50.4 Å². The Morgan fingerprint density at radius 2 is 1.39 bits per heavy atom. The Morgan fingerprint density at radius 3 is 1.87 bits per heavy atom. The Labute approximate surface area is 226 Å². The average Bonchev–Trinajstić information content (AvgIpc) is 2.91. The van der Waals surface area contributed by atoms with E-state index in [1.165, 1.54) is 0 Å². The molecule has 0 aliphatic carbocycles. The third-order valence-corrected chi connectivity index (χ3v) is 11.7. The highest BCUT2D eigenvalue weighted by molar-refractivity contribution is 6.99. The molecule has 0 amide bonds. The topological polar surface area (TPSA) is 114 Å². The molecule has 8 heteroatoms. The maximum absolute atomic E-state index is 11.7. The SMILES string of the molecule is CC(C)(C)[Si](OC[C@@H](N)[C@@H](O)CN[C@@H](COCc1ccccc1)C(=O)O)(c1ccccc1)c1ccccc1. The number of carbonyl (C=O) groups is 1. The number of nitrogens with one attached hydrogen (secondary N) is 1. The second-order valence-corrected chi connectivity index (χ2v) is 14.8. The van der Waals surface area contributed by atoms with E-state index in [9.17, 15) is 15.0 Å². The fourth-order valence-electron chi connectivity index (χ4n) is 4.59. The summed E-state index contributed by atoms with van der Waals surface area (Å²) >= 11 is 0. The van der Waals surface area contributed by atoms with Gasteiger partial charge < -0.3 is 25.1 Å². The first kappa shape index (κ1) is 29.7. The van der Waals surface area contributed by atoms with Crippen LogP contribution in [0, 0.1) is 0 Å². The van der Waals surface area contributed by atoms with E-state index in [1.54, 1.807) is 0 Å². The number of aliphatic carboxylic acids is 1. The molecule has 0 aromatic heterocycles. The van der Waals surface area contributed by atoms with E-state index in [0.717, 1.165) is 15.9 Å². The van der Waals surface area contributed by atoms with Crippen LogP contribution in [0.1, 0.15) is 26.3 Å². The molecule has 0 saturated heterocycles. The lowest BCUT2D eigenvalue weighted by molar-refractivity contribution is -0.141. The van der Waals surface area contributed by atoms with Crippen LogP contribution in [0.4, 0.5) is 0 Å². The van der Waals surface area contributed by atoms with Gasteiger partial charge in [-0.1, -0.05) is 112 Å². The predicted octanol–water partition coefficient (Wildman–Crippen LogP) is 2.51. The largest absolute Gasteiger partial charge is 0.480 e. The molecular formula is C30H40N2O5Si. The van der Waals surface area contributed by atoms with Crippen LogP contribution in [0.25, 0.3) is 0 Å². The van der Waals surface area contributed by atoms with Crippen molar-refractivity contribution in [2.75, 3.05) is 19.8 Å². The highest BCUT2D eigenvalue weighted by atomic mass is 28.4. The number of carboxylic acid groups (broad SMARTS) is 1. The van der Waals surface area contributed by atoms with Gasteiger partial charge in [0.2, 0.25) is 0 Å². The van der Waals surface area contributed by atoms with Crippen LogP contribution in [0.2, 0.25) is 5.04 Å². The lowest BCUT2D eigenvalue weighted by Gasteiger charge is -2.43. The molecular weight excluding hydrogens is 496 g/mol. The highest BCUT2D eigenvalue weighted by Crippen LogP contribution is 2.36. The lowest BCUT2D eigenvalue weighted by Crippen LogP contribution is -2.67. The molecule has 3 rings (SSSR count). The minimum atomic E-state index is -2.80. The van der Waals surface area contributed by atoms with Crippen LogP contribution in [0.3, 0.4) is 0 Å². The van der Waals surface area contributed by atoms with E-state index < -0.39 is 32.5 Å². The minimum absolute atomic E-state index is 0.00304. The van der Waals surface area contributed by atoms with Crippen molar-refractivity contribution < 1.29 is 24.2 Å². The Bertz CT molecular complexity index is 1070. The van der Waals surface area contributed by atoms with Crippen molar-refractivity contribution in [3.63, 3.8) is 0 Å². The summed E-state index contributed by atoms with van der Waals surface area (Å²) in [6.07, 6.45) is -1.01. The van der Waals surface area contributed by atoms with Crippen molar-refractivity contribution in [3.05, 3.63) is 96.6 Å². The van der Waals surface area contributed by atoms with Gasteiger partial charge in [0.1, 0.15) is 6.04 Å². The molecule has 0 aliphatic heterocycles. The van der Waals surface area contributed by atoms with Crippen LogP contribution >= 0.6 is 0 Å². The zero-order valence-corrected chi connectivity index (χ0v) is 23.4. The fraction of sp³-hybridized carbons (Fsp3) is 0.367. The molecule has 0 heterocycles. The number of benzene rings is 3. The summed E-state index contributed by atoms with van der Waals surface area (Å²) in [7, 11) is -2.80. The van der Waals surface area contributed by atoms with E-state index in [-0.39, 0.29) is 24.8 Å². The molecule has 0 unspecified atom stereocenters. The molecule has 3 atom stereocenters. The number of aliphatic hydroxyl groups excluding tert-OH is 1. The first-order valence-corrected chi connectivity index (χ1v) is 14.8. The molecule has 3 aromatic carbocycles. The predicted molar refractivity (Wildman–Crippen MR) is 153 cm³/mol. The number of nitrogens with two attached hydrogens (primary N) is 1. The third kappa shape index (κ3) is 7.60. The van der Waals surface area contributed by atoms with Gasteiger partial charge in [0, 0.05) is 6.54 Å². The van der Waals surface area contributed by atoms with Crippen LogP contribution in [0.15, 0.2) is 91.0 Å².